The van der Waals surface area contributed by atoms with Crippen LogP contribution in [0.4, 0.5) is 14.0 Å². The van der Waals surface area contributed by atoms with Crippen molar-refractivity contribution in [3.8, 4) is 0 Å². The summed E-state index contributed by atoms with van der Waals surface area (Å²) in [6.07, 6.45) is 4.53. The monoisotopic (exact) mass is 684 g/mol. The van der Waals surface area contributed by atoms with Gasteiger partial charge in [0.1, 0.15) is 35.1 Å². The van der Waals surface area contributed by atoms with E-state index in [0.29, 0.717) is 24.0 Å². The lowest BCUT2D eigenvalue weighted by Crippen LogP contribution is -2.56. The van der Waals surface area contributed by atoms with Crippen LogP contribution < -0.4 is 10.6 Å². The first-order valence-corrected chi connectivity index (χ1v) is 17.0. The number of rotatable bonds is 14. The van der Waals surface area contributed by atoms with E-state index in [0.717, 1.165) is 19.3 Å². The Kier molecular flexibility index (Phi) is 12.1. The molecule has 268 valence electrons. The Morgan fingerprint density at radius 2 is 1.88 bits per heavy atom. The van der Waals surface area contributed by atoms with Gasteiger partial charge in [-0.3, -0.25) is 14.5 Å². The highest BCUT2D eigenvalue weighted by Crippen LogP contribution is 2.45. The van der Waals surface area contributed by atoms with Gasteiger partial charge in [-0.25, -0.2) is 18.8 Å². The molecule has 2 aliphatic heterocycles. The molecule has 1 aliphatic carbocycles. The second-order valence-electron chi connectivity index (χ2n) is 13.8. The van der Waals surface area contributed by atoms with Gasteiger partial charge in [-0.1, -0.05) is 37.1 Å². The number of carbonyl (C=O) groups is 5. The number of hydrogen-bond donors (Lipinski definition) is 2. The van der Waals surface area contributed by atoms with Crippen LogP contribution >= 0.6 is 0 Å². The van der Waals surface area contributed by atoms with Gasteiger partial charge in [0.05, 0.1) is 19.7 Å². The highest BCUT2D eigenvalue weighted by Gasteiger charge is 2.62. The standard InChI is InChI=1S/C36H49FN4O8/c1-7-10-11-12-13-17-28(38-33(45)49-35(4,5)6)31(43)41-21-25(48-34(46)40-20-23-15-14-16-27(37)26(23)22-40)18-29(41)30(42)39-36(19-24(36)8-2)32(44)47-9-3/h7-8,14-16,24-25,28-29H,1-2,9-13,17-22H2,3-6H3,(H,38,45)(H,39,42)/t24?,25-,28+,29+,36?/m1/s1. The van der Waals surface area contributed by atoms with Crippen LogP contribution in [-0.2, 0) is 41.7 Å². The third-order valence-electron chi connectivity index (χ3n) is 8.98. The van der Waals surface area contributed by atoms with Gasteiger partial charge in [0.25, 0.3) is 0 Å². The Labute approximate surface area is 287 Å². The largest absolute Gasteiger partial charge is 0.464 e. The molecular weight excluding hydrogens is 635 g/mol. The lowest BCUT2D eigenvalue weighted by atomic mass is 10.0. The van der Waals surface area contributed by atoms with E-state index >= 15 is 0 Å². The van der Waals surface area contributed by atoms with Crippen LogP contribution in [0, 0.1) is 11.7 Å². The summed E-state index contributed by atoms with van der Waals surface area (Å²) in [6.45, 7) is 14.4. The number of allylic oxidation sites excluding steroid dienone is 1. The molecule has 1 aromatic carbocycles. The Morgan fingerprint density at radius 3 is 2.51 bits per heavy atom. The number of amides is 4. The van der Waals surface area contributed by atoms with Crippen molar-refractivity contribution in [2.75, 3.05) is 13.2 Å². The molecule has 1 saturated heterocycles. The number of halogens is 1. The molecule has 2 unspecified atom stereocenters. The number of hydrogen-bond acceptors (Lipinski definition) is 8. The zero-order valence-corrected chi connectivity index (χ0v) is 28.9. The van der Waals surface area contributed by atoms with Gasteiger partial charge in [-0.05, 0) is 65.0 Å². The van der Waals surface area contributed by atoms with Gasteiger partial charge < -0.3 is 29.7 Å². The van der Waals surface area contributed by atoms with Crippen molar-refractivity contribution in [3.05, 3.63) is 60.5 Å². The molecule has 3 aliphatic rings. The van der Waals surface area contributed by atoms with Crippen LogP contribution in [0.3, 0.4) is 0 Å². The quantitative estimate of drug-likeness (QED) is 0.122. The maximum absolute atomic E-state index is 14.4. The third kappa shape index (κ3) is 9.18. The molecule has 4 amide bonds. The van der Waals surface area contributed by atoms with E-state index in [9.17, 15) is 28.4 Å². The average molecular weight is 685 g/mol. The van der Waals surface area contributed by atoms with Gasteiger partial charge in [-0.15, -0.1) is 13.2 Å². The number of unbranched alkanes of at least 4 members (excludes halogenated alkanes) is 3. The van der Waals surface area contributed by atoms with Crippen LogP contribution in [0.25, 0.3) is 0 Å². The van der Waals surface area contributed by atoms with Gasteiger partial charge in [0.2, 0.25) is 11.8 Å². The molecule has 2 N–H and O–H groups in total. The fraction of sp³-hybridized carbons (Fsp3) is 0.583. The van der Waals surface area contributed by atoms with Crippen molar-refractivity contribution in [2.45, 2.75) is 115 Å². The molecule has 0 bridgehead atoms. The summed E-state index contributed by atoms with van der Waals surface area (Å²) in [6, 6.07) is 2.47. The molecule has 0 radical (unpaired) electrons. The summed E-state index contributed by atoms with van der Waals surface area (Å²) in [7, 11) is 0. The van der Waals surface area contributed by atoms with E-state index in [4.69, 9.17) is 14.2 Å². The molecule has 1 aromatic rings. The highest BCUT2D eigenvalue weighted by molar-refractivity contribution is 5.96. The molecule has 0 aromatic heterocycles. The van der Waals surface area contributed by atoms with Crippen molar-refractivity contribution in [1.82, 2.24) is 20.4 Å². The van der Waals surface area contributed by atoms with Crippen LogP contribution in [-0.4, -0.2) is 82.2 Å². The molecule has 2 fully saturated rings. The maximum atomic E-state index is 14.4. The number of ether oxygens (including phenoxy) is 3. The Balaban J connectivity index is 1.55. The Morgan fingerprint density at radius 1 is 1.12 bits per heavy atom. The van der Waals surface area contributed by atoms with Crippen molar-refractivity contribution in [3.63, 3.8) is 0 Å². The van der Waals surface area contributed by atoms with Gasteiger partial charge >= 0.3 is 18.2 Å². The highest BCUT2D eigenvalue weighted by atomic mass is 19.1. The van der Waals surface area contributed by atoms with E-state index in [1.807, 2.05) is 6.08 Å². The summed E-state index contributed by atoms with van der Waals surface area (Å²) in [5.74, 6) is -2.54. The number of nitrogens with one attached hydrogen (secondary N) is 2. The van der Waals surface area contributed by atoms with Crippen molar-refractivity contribution < 1.29 is 42.6 Å². The predicted octanol–water partition coefficient (Wildman–Crippen LogP) is 4.90. The van der Waals surface area contributed by atoms with E-state index in [1.54, 1.807) is 45.9 Å². The van der Waals surface area contributed by atoms with Gasteiger partial charge in [0, 0.05) is 24.4 Å². The fourth-order valence-electron chi connectivity index (χ4n) is 6.39. The van der Waals surface area contributed by atoms with Crippen LogP contribution in [0.15, 0.2) is 43.5 Å². The summed E-state index contributed by atoms with van der Waals surface area (Å²) >= 11 is 0. The SMILES string of the molecule is C=CCCCCC[C@H](NC(=O)OC(C)(C)C)C(=O)N1C[C@H](OC(=O)N2Cc3cccc(F)c3C2)C[C@H]1C(=O)NC1(C(=O)OCC)CC1C=C. The van der Waals surface area contributed by atoms with Crippen molar-refractivity contribution in [1.29, 1.82) is 0 Å². The Hall–Kier alpha value is -4.42. The molecule has 13 heteroatoms. The predicted molar refractivity (Wildman–Crippen MR) is 178 cm³/mol. The van der Waals surface area contributed by atoms with E-state index in [-0.39, 0.29) is 45.0 Å². The maximum Gasteiger partial charge on any atom is 0.410 e. The Bertz CT molecular complexity index is 1440. The van der Waals surface area contributed by atoms with Gasteiger partial charge in [-0.2, -0.15) is 0 Å². The number of esters is 1. The van der Waals surface area contributed by atoms with E-state index in [2.05, 4.69) is 23.8 Å². The summed E-state index contributed by atoms with van der Waals surface area (Å²) in [5.41, 5.74) is -1.05. The molecular formula is C36H49FN4O8. The summed E-state index contributed by atoms with van der Waals surface area (Å²) < 4.78 is 30.9. The number of benzene rings is 1. The number of fused-ring (bicyclic) bond motifs is 1. The second-order valence-corrected chi connectivity index (χ2v) is 13.8. The smallest absolute Gasteiger partial charge is 0.410 e. The molecule has 2 heterocycles. The van der Waals surface area contributed by atoms with E-state index in [1.165, 1.54) is 15.9 Å². The van der Waals surface area contributed by atoms with Crippen LogP contribution in [0.2, 0.25) is 0 Å². The zero-order valence-electron chi connectivity index (χ0n) is 28.9. The van der Waals surface area contributed by atoms with Crippen LogP contribution in [0.5, 0.6) is 0 Å². The molecule has 49 heavy (non-hydrogen) atoms. The normalized spacial score (nSPS) is 23.2. The first-order valence-electron chi connectivity index (χ1n) is 17.0. The molecule has 4 rings (SSSR count). The molecule has 0 spiro atoms. The fourth-order valence-corrected chi connectivity index (χ4v) is 6.39. The number of alkyl carbamates (subject to hydrolysis) is 1. The van der Waals surface area contributed by atoms with E-state index < -0.39 is 65.1 Å². The van der Waals surface area contributed by atoms with Crippen molar-refractivity contribution >= 4 is 30.0 Å². The lowest BCUT2D eigenvalue weighted by Gasteiger charge is -2.30. The van der Waals surface area contributed by atoms with Crippen molar-refractivity contribution in [2.24, 2.45) is 5.92 Å². The first-order chi connectivity index (χ1) is 23.2. The lowest BCUT2D eigenvalue weighted by molar-refractivity contribution is -0.150. The average Bonchev–Trinajstić information content (AvgIpc) is 3.34. The topological polar surface area (TPSA) is 144 Å². The number of nitrogens with zero attached hydrogens (tertiary/aromatic N) is 2. The minimum absolute atomic E-state index is 0.0266. The molecule has 1 saturated carbocycles. The number of likely N-dealkylation sites (tertiary alicyclic amines) is 1. The second kappa shape index (κ2) is 15.9. The molecule has 12 nitrogen and oxygen atoms in total. The summed E-state index contributed by atoms with van der Waals surface area (Å²) in [5, 5.41) is 5.50. The minimum Gasteiger partial charge on any atom is -0.464 e. The number of carbonyl (C=O) groups excluding carboxylic acids is 5. The molecule has 5 atom stereocenters. The summed E-state index contributed by atoms with van der Waals surface area (Å²) in [4.78, 5) is 69.9. The first kappa shape index (κ1) is 37.4. The zero-order chi connectivity index (χ0) is 35.9. The third-order valence-corrected chi connectivity index (χ3v) is 8.98. The van der Waals surface area contributed by atoms with Crippen LogP contribution in [0.1, 0.15) is 83.8 Å². The van der Waals surface area contributed by atoms with Gasteiger partial charge in [0.15, 0.2) is 0 Å². The minimum atomic E-state index is -1.32.